The molecule has 0 bridgehead atoms. The maximum atomic E-state index is 13.3. The molecule has 1 fully saturated rings. The predicted molar refractivity (Wildman–Crippen MR) is 145 cm³/mol. The number of thioether (sulfide) groups is 1. The first-order valence-electron chi connectivity index (χ1n) is 12.7. The van der Waals surface area contributed by atoms with E-state index >= 15 is 0 Å². The van der Waals surface area contributed by atoms with Gasteiger partial charge in [-0.1, -0.05) is 62.4 Å². The molecule has 2 aromatic rings. The molecule has 2 aromatic carbocycles. The Labute approximate surface area is 218 Å². The predicted octanol–water partition coefficient (Wildman–Crippen LogP) is 7.17. The number of aryl methyl sites for hydroxylation is 1. The Morgan fingerprint density at radius 3 is 2.42 bits per heavy atom. The normalized spacial score (nSPS) is 15.7. The number of amides is 1. The van der Waals surface area contributed by atoms with Crippen molar-refractivity contribution in [2.45, 2.75) is 70.0 Å². The summed E-state index contributed by atoms with van der Waals surface area (Å²) in [7, 11) is -2.69. The first kappa shape index (κ1) is 28.2. The van der Waals surface area contributed by atoms with E-state index in [9.17, 15) is 23.8 Å². The van der Waals surface area contributed by atoms with Gasteiger partial charge in [0.05, 0.1) is 5.66 Å². The Kier molecular flexibility index (Phi) is 10.8. The van der Waals surface area contributed by atoms with Crippen LogP contribution in [0.15, 0.2) is 42.5 Å². The summed E-state index contributed by atoms with van der Waals surface area (Å²) in [6, 6.07) is 11.8. The van der Waals surface area contributed by atoms with Gasteiger partial charge in [0.25, 0.3) is 5.91 Å². The lowest BCUT2D eigenvalue weighted by molar-refractivity contribution is -0.139. The summed E-state index contributed by atoms with van der Waals surface area (Å²) in [5.74, 6) is -0.359. The van der Waals surface area contributed by atoms with Crippen LogP contribution in [0.5, 0.6) is 0 Å². The minimum atomic E-state index is -2.69. The molecule has 194 valence electrons. The van der Waals surface area contributed by atoms with Gasteiger partial charge in [0.15, 0.2) is 0 Å². The Bertz CT molecular complexity index is 1120. The minimum Gasteiger partial charge on any atom is -0.480 e. The van der Waals surface area contributed by atoms with Crippen LogP contribution in [-0.4, -0.2) is 35.0 Å². The van der Waals surface area contributed by atoms with E-state index < -0.39 is 31.3 Å². The zero-order chi connectivity index (χ0) is 26.1. The fourth-order valence-electron chi connectivity index (χ4n) is 5.06. The van der Waals surface area contributed by atoms with Gasteiger partial charge in [-0.2, -0.15) is 11.8 Å². The third-order valence-corrected chi connectivity index (χ3v) is 8.86. The molecule has 1 amide bonds. The van der Waals surface area contributed by atoms with E-state index in [1.807, 2.05) is 43.5 Å². The van der Waals surface area contributed by atoms with Gasteiger partial charge in [0, 0.05) is 5.56 Å². The highest BCUT2D eigenvalue weighted by Gasteiger charge is 2.26. The van der Waals surface area contributed by atoms with E-state index in [0.717, 1.165) is 30.4 Å². The molecule has 8 heteroatoms. The van der Waals surface area contributed by atoms with Crippen molar-refractivity contribution in [2.24, 2.45) is 5.92 Å². The number of hydrogen-bond acceptors (Lipinski definition) is 5. The van der Waals surface area contributed by atoms with Crippen molar-refractivity contribution in [3.8, 4) is 11.1 Å². The van der Waals surface area contributed by atoms with Crippen LogP contribution in [0.2, 0.25) is 0 Å². The smallest absolute Gasteiger partial charge is 0.326 e. The average Bonchev–Trinajstić information content (AvgIpc) is 2.87. The van der Waals surface area contributed by atoms with Crippen molar-refractivity contribution in [3.63, 3.8) is 0 Å². The molecular formula is C28H36NO5PS. The molecule has 3 rings (SSSR count). The molecule has 36 heavy (non-hydrogen) atoms. The van der Waals surface area contributed by atoms with Crippen molar-refractivity contribution in [3.05, 3.63) is 59.2 Å². The van der Waals surface area contributed by atoms with Gasteiger partial charge in [0.1, 0.15) is 6.04 Å². The van der Waals surface area contributed by atoms with Gasteiger partial charge in [-0.25, -0.2) is 13.9 Å². The average molecular weight is 530 g/mol. The molecular weight excluding hydrogens is 493 g/mol. The number of carboxylic acids is 1. The highest BCUT2D eigenvalue weighted by atomic mass is 32.2. The largest absolute Gasteiger partial charge is 0.480 e. The molecule has 0 spiro atoms. The molecule has 1 aliphatic carbocycles. The molecule has 6 nitrogen and oxygen atoms in total. The third-order valence-electron chi connectivity index (χ3n) is 7.15. The van der Waals surface area contributed by atoms with E-state index in [2.05, 4.69) is 5.32 Å². The minimum absolute atomic E-state index is 0.319. The summed E-state index contributed by atoms with van der Waals surface area (Å²) < 4.78 is 24.6. The van der Waals surface area contributed by atoms with Crippen molar-refractivity contribution in [2.75, 3.05) is 12.0 Å². The molecule has 2 N–H and O–H groups in total. The fraction of sp³-hybridized carbons (Fsp3) is 0.500. The maximum Gasteiger partial charge on any atom is 0.326 e. The van der Waals surface area contributed by atoms with Crippen molar-refractivity contribution >= 4 is 31.3 Å². The molecule has 0 heterocycles. The molecule has 1 aliphatic rings. The Hall–Kier alpha value is -2.37. The molecule has 0 aliphatic heterocycles. The van der Waals surface area contributed by atoms with Gasteiger partial charge in [0.2, 0.25) is 0 Å². The fourth-order valence-corrected chi connectivity index (χ4v) is 6.29. The Morgan fingerprint density at radius 2 is 1.78 bits per heavy atom. The van der Waals surface area contributed by atoms with E-state index in [1.165, 1.54) is 31.0 Å². The first-order valence-corrected chi connectivity index (χ1v) is 15.3. The van der Waals surface area contributed by atoms with Crippen LogP contribution in [0, 0.1) is 12.8 Å². The van der Waals surface area contributed by atoms with E-state index in [1.54, 1.807) is 12.1 Å². The number of carbonyl (C=O) groups excluding carboxylic acids is 1. The van der Waals surface area contributed by atoms with Crippen molar-refractivity contribution in [1.29, 1.82) is 0 Å². The second-order valence-corrected chi connectivity index (χ2v) is 11.8. The number of benzene rings is 2. The van der Waals surface area contributed by atoms with Crippen LogP contribution in [0.1, 0.15) is 78.5 Å². The summed E-state index contributed by atoms with van der Waals surface area (Å²) in [5, 5.41) is 12.2. The number of aliphatic carboxylic acids is 1. The Balaban J connectivity index is 1.95. The second kappa shape index (κ2) is 13.8. The molecule has 0 saturated heterocycles. The van der Waals surface area contributed by atoms with Crippen LogP contribution >= 0.6 is 19.4 Å². The van der Waals surface area contributed by atoms with Gasteiger partial charge >= 0.3 is 13.6 Å². The van der Waals surface area contributed by atoms with Crippen molar-refractivity contribution < 1.29 is 23.8 Å². The maximum absolute atomic E-state index is 13.3. The summed E-state index contributed by atoms with van der Waals surface area (Å²) in [5.41, 5.74) is 2.80. The SMILES string of the molecule is CSCCC(NC(=O)c1ccc(C(CCC2CCCCC2)P(=O)=O)cc1-c1ccccc1C)C(=O)O. The van der Waals surface area contributed by atoms with Crippen LogP contribution in [0.4, 0.5) is 0 Å². The van der Waals surface area contributed by atoms with Gasteiger partial charge < -0.3 is 10.4 Å². The highest BCUT2D eigenvalue weighted by molar-refractivity contribution is 7.98. The molecule has 1 saturated carbocycles. The molecule has 0 radical (unpaired) electrons. The van der Waals surface area contributed by atoms with E-state index in [0.29, 0.717) is 41.2 Å². The lowest BCUT2D eigenvalue weighted by Crippen LogP contribution is -2.41. The molecule has 2 atom stereocenters. The first-order chi connectivity index (χ1) is 17.3. The number of rotatable bonds is 12. The van der Waals surface area contributed by atoms with Crippen LogP contribution in [-0.2, 0) is 13.9 Å². The number of carbonyl (C=O) groups is 2. The number of carboxylic acid groups (broad SMARTS) is 1. The summed E-state index contributed by atoms with van der Waals surface area (Å²) in [6.45, 7) is 1.94. The lowest BCUT2D eigenvalue weighted by Gasteiger charge is -2.23. The second-order valence-electron chi connectivity index (χ2n) is 9.65. The van der Waals surface area contributed by atoms with Crippen LogP contribution < -0.4 is 5.32 Å². The summed E-state index contributed by atoms with van der Waals surface area (Å²) in [6.07, 6.45) is 9.68. The zero-order valence-electron chi connectivity index (χ0n) is 21.1. The zero-order valence-corrected chi connectivity index (χ0v) is 22.8. The third kappa shape index (κ3) is 7.57. The van der Waals surface area contributed by atoms with E-state index in [4.69, 9.17) is 0 Å². The Morgan fingerprint density at radius 1 is 1.06 bits per heavy atom. The van der Waals surface area contributed by atoms with Crippen molar-refractivity contribution in [1.82, 2.24) is 5.32 Å². The summed E-state index contributed by atoms with van der Waals surface area (Å²) in [4.78, 5) is 25.0. The molecule has 2 unspecified atom stereocenters. The summed E-state index contributed by atoms with van der Waals surface area (Å²) >= 11 is 1.52. The van der Waals surface area contributed by atoms with Crippen LogP contribution in [0.25, 0.3) is 11.1 Å². The van der Waals surface area contributed by atoms with Gasteiger partial charge in [-0.3, -0.25) is 4.79 Å². The topological polar surface area (TPSA) is 101 Å². The van der Waals surface area contributed by atoms with Gasteiger partial charge in [-0.15, -0.1) is 0 Å². The van der Waals surface area contributed by atoms with Gasteiger partial charge in [-0.05, 0) is 78.5 Å². The highest BCUT2D eigenvalue weighted by Crippen LogP contribution is 2.41. The quantitative estimate of drug-likeness (QED) is 0.283. The van der Waals surface area contributed by atoms with E-state index in [-0.39, 0.29) is 0 Å². The van der Waals surface area contributed by atoms with Crippen LogP contribution in [0.3, 0.4) is 0 Å². The number of hydrogen-bond donors (Lipinski definition) is 2. The molecule has 0 aromatic heterocycles. The number of nitrogens with one attached hydrogen (secondary N) is 1. The lowest BCUT2D eigenvalue weighted by atomic mass is 9.85. The monoisotopic (exact) mass is 529 g/mol. The standard InChI is InChI=1S/C28H36NO5PS/c1-19-8-6-7-11-22(19)24-18-21(26(35(33)34)15-12-20-9-4-3-5-10-20)13-14-23(24)27(30)29-25(28(31)32)16-17-36-2/h6-8,11,13-14,18,20,25-26H,3-5,9-10,12,15-17H2,1-2H3,(H,29,30)(H,31,32).